The third-order valence-electron chi connectivity index (χ3n) is 4.42. The van der Waals surface area contributed by atoms with E-state index in [0.29, 0.717) is 6.54 Å². The lowest BCUT2D eigenvalue weighted by Gasteiger charge is -2.37. The highest BCUT2D eigenvalue weighted by Crippen LogP contribution is 2.28. The number of pyridine rings is 1. The third-order valence-corrected chi connectivity index (χ3v) is 4.42. The van der Waals surface area contributed by atoms with Crippen LogP contribution in [0.5, 0.6) is 0 Å². The van der Waals surface area contributed by atoms with Gasteiger partial charge in [0.1, 0.15) is 11.6 Å². The van der Waals surface area contributed by atoms with Gasteiger partial charge in [-0.2, -0.15) is 0 Å². The Morgan fingerprint density at radius 1 is 1.33 bits per heavy atom. The lowest BCUT2D eigenvalue weighted by molar-refractivity contribution is 0.0763. The van der Waals surface area contributed by atoms with Crippen LogP contribution >= 0.6 is 0 Å². The second kappa shape index (κ2) is 5.92. The van der Waals surface area contributed by atoms with Crippen molar-refractivity contribution in [2.45, 2.75) is 38.8 Å². The van der Waals surface area contributed by atoms with Crippen LogP contribution in [0.3, 0.4) is 0 Å². The van der Waals surface area contributed by atoms with E-state index in [1.807, 2.05) is 32.9 Å². The Labute approximate surface area is 140 Å². The van der Waals surface area contributed by atoms with Gasteiger partial charge in [-0.15, -0.1) is 0 Å². The van der Waals surface area contributed by atoms with Crippen LogP contribution in [-0.2, 0) is 0 Å². The minimum absolute atomic E-state index is 0.0618. The van der Waals surface area contributed by atoms with Gasteiger partial charge in [0, 0.05) is 24.0 Å². The fourth-order valence-corrected chi connectivity index (χ4v) is 3.41. The van der Waals surface area contributed by atoms with E-state index in [1.165, 1.54) is 17.0 Å². The van der Waals surface area contributed by atoms with Crippen LogP contribution in [0.15, 0.2) is 30.3 Å². The first-order valence-electron chi connectivity index (χ1n) is 8.09. The summed E-state index contributed by atoms with van der Waals surface area (Å²) in [5, 5.41) is 10.3. The van der Waals surface area contributed by atoms with Crippen LogP contribution in [0.4, 0.5) is 15.0 Å². The second-order valence-electron chi connectivity index (χ2n) is 7.22. The van der Waals surface area contributed by atoms with E-state index >= 15 is 0 Å². The third kappa shape index (κ3) is 3.13. The lowest BCUT2D eigenvalue weighted by Crippen LogP contribution is -2.52. The molecule has 0 saturated carbocycles. The van der Waals surface area contributed by atoms with Crippen molar-refractivity contribution in [1.82, 2.24) is 9.88 Å². The average molecular weight is 331 g/mol. The summed E-state index contributed by atoms with van der Waals surface area (Å²) in [7, 11) is 0. The summed E-state index contributed by atoms with van der Waals surface area (Å²) < 4.78 is 13.3. The second-order valence-corrected chi connectivity index (χ2v) is 7.22. The van der Waals surface area contributed by atoms with Crippen molar-refractivity contribution in [3.05, 3.63) is 36.1 Å². The number of amides is 1. The summed E-state index contributed by atoms with van der Waals surface area (Å²) >= 11 is 0. The molecule has 3 rings (SSSR count). The highest BCUT2D eigenvalue weighted by molar-refractivity contribution is 5.80. The van der Waals surface area contributed by atoms with Gasteiger partial charge in [0.15, 0.2) is 0 Å². The average Bonchev–Trinajstić information content (AvgIpc) is 2.94. The van der Waals surface area contributed by atoms with Crippen molar-refractivity contribution in [2.24, 2.45) is 0 Å². The highest BCUT2D eigenvalue weighted by Gasteiger charge is 2.37. The maximum atomic E-state index is 13.3. The van der Waals surface area contributed by atoms with Gasteiger partial charge in [-0.1, -0.05) is 0 Å². The van der Waals surface area contributed by atoms with Gasteiger partial charge in [0.2, 0.25) is 0 Å². The quantitative estimate of drug-likeness (QED) is 0.911. The minimum atomic E-state index is -0.892. The maximum Gasteiger partial charge on any atom is 0.408 e. The molecule has 0 unspecified atom stereocenters. The van der Waals surface area contributed by atoms with Gasteiger partial charge < -0.3 is 10.0 Å². The Hall–Kier alpha value is -2.37. The number of aromatic nitrogens is 1. The predicted molar refractivity (Wildman–Crippen MR) is 91.9 cm³/mol. The van der Waals surface area contributed by atoms with Gasteiger partial charge in [0.05, 0.1) is 11.6 Å². The Morgan fingerprint density at radius 3 is 2.75 bits per heavy atom. The van der Waals surface area contributed by atoms with Crippen LogP contribution in [0.1, 0.15) is 27.2 Å². The van der Waals surface area contributed by atoms with Crippen molar-refractivity contribution in [2.75, 3.05) is 18.0 Å². The summed E-state index contributed by atoms with van der Waals surface area (Å²) in [6, 6.07) is 8.19. The molecule has 1 fully saturated rings. The largest absolute Gasteiger partial charge is 0.465 e. The molecule has 1 N–H and O–H groups in total. The fourth-order valence-electron chi connectivity index (χ4n) is 3.41. The van der Waals surface area contributed by atoms with Crippen molar-refractivity contribution in [3.8, 4) is 0 Å². The summed E-state index contributed by atoms with van der Waals surface area (Å²) in [6.45, 7) is 7.10. The molecule has 0 bridgehead atoms. The number of hydrogen-bond acceptors (Lipinski definition) is 3. The van der Waals surface area contributed by atoms with Crippen molar-refractivity contribution in [3.63, 3.8) is 0 Å². The SMILES string of the molecule is CC(C)(C)N(C(=O)O)[C@@H]1CCN(c2ccc3cc(F)ccc3n2)C1. The molecule has 0 radical (unpaired) electrons. The maximum absolute atomic E-state index is 13.3. The topological polar surface area (TPSA) is 56.7 Å². The van der Waals surface area contributed by atoms with E-state index in [0.717, 1.165) is 29.7 Å². The van der Waals surface area contributed by atoms with Crippen molar-refractivity contribution >= 4 is 22.8 Å². The first-order chi connectivity index (χ1) is 11.3. The Morgan fingerprint density at radius 2 is 2.08 bits per heavy atom. The lowest BCUT2D eigenvalue weighted by atomic mass is 10.0. The van der Waals surface area contributed by atoms with Crippen LogP contribution in [0, 0.1) is 5.82 Å². The first kappa shape index (κ1) is 16.5. The van der Waals surface area contributed by atoms with Crippen LogP contribution in [-0.4, -0.2) is 45.8 Å². The molecule has 2 heterocycles. The molecule has 24 heavy (non-hydrogen) atoms. The summed E-state index contributed by atoms with van der Waals surface area (Å²) in [4.78, 5) is 19.9. The van der Waals surface area contributed by atoms with Gasteiger partial charge >= 0.3 is 6.09 Å². The molecular weight excluding hydrogens is 309 g/mol. The van der Waals surface area contributed by atoms with Crippen molar-refractivity contribution in [1.29, 1.82) is 0 Å². The van der Waals surface area contributed by atoms with E-state index in [4.69, 9.17) is 0 Å². The number of fused-ring (bicyclic) bond motifs is 1. The Kier molecular flexibility index (Phi) is 4.07. The molecule has 1 aromatic heterocycles. The normalized spacial score (nSPS) is 18.2. The number of carboxylic acid groups (broad SMARTS) is 1. The van der Waals surface area contributed by atoms with E-state index in [9.17, 15) is 14.3 Å². The Balaban J connectivity index is 1.82. The Bertz CT molecular complexity index is 772. The van der Waals surface area contributed by atoms with E-state index in [-0.39, 0.29) is 11.9 Å². The van der Waals surface area contributed by atoms with Gasteiger partial charge in [0.25, 0.3) is 0 Å². The molecule has 1 aliphatic heterocycles. The minimum Gasteiger partial charge on any atom is -0.465 e. The molecule has 6 heteroatoms. The van der Waals surface area contributed by atoms with Crippen LogP contribution < -0.4 is 4.90 Å². The van der Waals surface area contributed by atoms with E-state index in [2.05, 4.69) is 9.88 Å². The predicted octanol–water partition coefficient (Wildman–Crippen LogP) is 3.73. The molecule has 0 aliphatic carbocycles. The molecule has 1 aliphatic rings. The van der Waals surface area contributed by atoms with Gasteiger partial charge in [-0.05, 0) is 57.5 Å². The summed E-state index contributed by atoms with van der Waals surface area (Å²) in [6.07, 6.45) is -0.122. The van der Waals surface area contributed by atoms with E-state index in [1.54, 1.807) is 6.07 Å². The monoisotopic (exact) mass is 331 g/mol. The molecule has 5 nitrogen and oxygen atoms in total. The zero-order chi connectivity index (χ0) is 17.5. The zero-order valence-corrected chi connectivity index (χ0v) is 14.2. The molecule has 1 atom stereocenters. The number of carbonyl (C=O) groups is 1. The molecule has 1 amide bonds. The number of nitrogens with zero attached hydrogens (tertiary/aromatic N) is 3. The van der Waals surface area contributed by atoms with Crippen LogP contribution in [0.2, 0.25) is 0 Å². The zero-order valence-electron chi connectivity index (χ0n) is 14.2. The van der Waals surface area contributed by atoms with Crippen molar-refractivity contribution < 1.29 is 14.3 Å². The summed E-state index contributed by atoms with van der Waals surface area (Å²) in [5.74, 6) is 0.524. The number of benzene rings is 1. The van der Waals surface area contributed by atoms with Gasteiger partial charge in [-0.25, -0.2) is 14.2 Å². The molecular formula is C18H22FN3O2. The highest BCUT2D eigenvalue weighted by atomic mass is 19.1. The number of halogens is 1. The molecule has 2 aromatic rings. The number of rotatable bonds is 2. The number of hydrogen-bond donors (Lipinski definition) is 1. The smallest absolute Gasteiger partial charge is 0.408 e. The van der Waals surface area contributed by atoms with E-state index < -0.39 is 11.6 Å². The standard InChI is InChI=1S/C18H22FN3O2/c1-18(2,3)22(17(23)24)14-8-9-21(11-14)16-7-4-12-10-13(19)5-6-15(12)20-16/h4-7,10,14H,8-9,11H2,1-3H3,(H,23,24)/t14-/m1/s1. The molecule has 128 valence electrons. The summed E-state index contributed by atoms with van der Waals surface area (Å²) in [5.41, 5.74) is 0.296. The molecule has 0 spiro atoms. The number of anilines is 1. The van der Waals surface area contributed by atoms with Gasteiger partial charge in [-0.3, -0.25) is 4.90 Å². The van der Waals surface area contributed by atoms with Crippen LogP contribution in [0.25, 0.3) is 10.9 Å². The first-order valence-corrected chi connectivity index (χ1v) is 8.09. The molecule has 1 aromatic carbocycles. The fraction of sp³-hybridized carbons (Fsp3) is 0.444. The molecule has 1 saturated heterocycles.